The third-order valence-corrected chi connectivity index (χ3v) is 3.45. The van der Waals surface area contributed by atoms with Crippen LogP contribution in [0.3, 0.4) is 0 Å². The number of nitrogens with zero attached hydrogens (tertiary/aromatic N) is 1. The van der Waals surface area contributed by atoms with Crippen molar-refractivity contribution in [3.05, 3.63) is 28.8 Å². The molecule has 1 aromatic carbocycles. The summed E-state index contributed by atoms with van der Waals surface area (Å²) in [5.74, 6) is -0.0643. The smallest absolute Gasteiger partial charge is 0.258 e. The molecule has 1 fully saturated rings. The third-order valence-electron chi connectivity index (χ3n) is 2.86. The Hall–Kier alpha value is -0.970. The van der Waals surface area contributed by atoms with Crippen molar-refractivity contribution in [1.29, 1.82) is 0 Å². The summed E-state index contributed by atoms with van der Waals surface area (Å²) >= 11 is 11.6. The molecular formula is C12H13Cl2NO3. The van der Waals surface area contributed by atoms with Crippen LogP contribution in [0.25, 0.3) is 0 Å². The second kappa shape index (κ2) is 5.78. The van der Waals surface area contributed by atoms with Gasteiger partial charge in [-0.15, -0.1) is 11.6 Å². The maximum absolute atomic E-state index is 12.3. The second-order valence-corrected chi connectivity index (χ2v) is 4.79. The van der Waals surface area contributed by atoms with Crippen LogP contribution in [0, 0.1) is 0 Å². The van der Waals surface area contributed by atoms with Crippen molar-refractivity contribution in [3.63, 3.8) is 0 Å². The molecule has 4 nitrogen and oxygen atoms in total. The van der Waals surface area contributed by atoms with E-state index >= 15 is 0 Å². The van der Waals surface area contributed by atoms with Crippen molar-refractivity contribution in [1.82, 2.24) is 4.90 Å². The fraction of sp³-hybridized carbons (Fsp3) is 0.417. The summed E-state index contributed by atoms with van der Waals surface area (Å²) in [5, 5.41) is 10.1. The van der Waals surface area contributed by atoms with Crippen LogP contribution in [0.15, 0.2) is 18.2 Å². The molecule has 0 aromatic heterocycles. The minimum Gasteiger partial charge on any atom is -0.507 e. The zero-order chi connectivity index (χ0) is 13.1. The highest BCUT2D eigenvalue weighted by Gasteiger charge is 2.28. The number of morpholine rings is 1. The summed E-state index contributed by atoms with van der Waals surface area (Å²) in [6.45, 7) is 1.37. The SMILES string of the molecule is O=C(c1ccc(Cl)cc1O)N1CCOCC1CCl. The summed E-state index contributed by atoms with van der Waals surface area (Å²) in [6.07, 6.45) is 0. The lowest BCUT2D eigenvalue weighted by Crippen LogP contribution is -2.49. The zero-order valence-electron chi connectivity index (χ0n) is 9.60. The normalized spacial score (nSPS) is 19.9. The summed E-state index contributed by atoms with van der Waals surface area (Å²) < 4.78 is 5.28. The largest absolute Gasteiger partial charge is 0.507 e. The molecule has 18 heavy (non-hydrogen) atoms. The molecule has 0 radical (unpaired) electrons. The van der Waals surface area contributed by atoms with E-state index in [2.05, 4.69) is 0 Å². The van der Waals surface area contributed by atoms with E-state index < -0.39 is 0 Å². The van der Waals surface area contributed by atoms with Crippen molar-refractivity contribution >= 4 is 29.1 Å². The van der Waals surface area contributed by atoms with Gasteiger partial charge in [-0.05, 0) is 18.2 Å². The lowest BCUT2D eigenvalue weighted by Gasteiger charge is -2.34. The van der Waals surface area contributed by atoms with Crippen molar-refractivity contribution in [2.24, 2.45) is 0 Å². The highest BCUT2D eigenvalue weighted by molar-refractivity contribution is 6.30. The minimum absolute atomic E-state index is 0.118. The molecule has 6 heteroatoms. The summed E-state index contributed by atoms with van der Waals surface area (Å²) in [4.78, 5) is 13.9. The third kappa shape index (κ3) is 2.71. The molecule has 0 spiro atoms. The van der Waals surface area contributed by atoms with Crippen molar-refractivity contribution in [2.75, 3.05) is 25.6 Å². The predicted molar refractivity (Wildman–Crippen MR) is 69.5 cm³/mol. The Balaban J connectivity index is 2.24. The Labute approximate surface area is 115 Å². The number of carbonyl (C=O) groups is 1. The molecule has 2 rings (SSSR count). The number of benzene rings is 1. The second-order valence-electron chi connectivity index (χ2n) is 4.04. The first-order valence-electron chi connectivity index (χ1n) is 5.56. The first kappa shape index (κ1) is 13.5. The van der Waals surface area contributed by atoms with Crippen molar-refractivity contribution in [2.45, 2.75) is 6.04 Å². The number of carbonyl (C=O) groups excluding carboxylic acids is 1. The Morgan fingerprint density at radius 1 is 1.56 bits per heavy atom. The summed E-state index contributed by atoms with van der Waals surface area (Å²) in [5.41, 5.74) is 0.233. The van der Waals surface area contributed by atoms with Gasteiger partial charge in [0.15, 0.2) is 0 Å². The van der Waals surface area contributed by atoms with Crippen LogP contribution in [-0.4, -0.2) is 47.6 Å². The van der Waals surface area contributed by atoms with Gasteiger partial charge >= 0.3 is 0 Å². The van der Waals surface area contributed by atoms with Crippen LogP contribution >= 0.6 is 23.2 Å². The maximum atomic E-state index is 12.3. The number of hydrogen-bond acceptors (Lipinski definition) is 3. The van der Waals surface area contributed by atoms with Gasteiger partial charge in [0, 0.05) is 17.4 Å². The van der Waals surface area contributed by atoms with Gasteiger partial charge in [0.1, 0.15) is 5.75 Å². The Morgan fingerprint density at radius 2 is 2.33 bits per heavy atom. The van der Waals surface area contributed by atoms with E-state index in [9.17, 15) is 9.90 Å². The molecule has 0 aliphatic carbocycles. The van der Waals surface area contributed by atoms with Crippen LogP contribution in [0.4, 0.5) is 0 Å². The fourth-order valence-electron chi connectivity index (χ4n) is 1.89. The molecule has 0 bridgehead atoms. The van der Waals surface area contributed by atoms with E-state index in [0.29, 0.717) is 30.7 Å². The Kier molecular flexibility index (Phi) is 4.32. The standard InChI is InChI=1S/C12H13Cl2NO3/c13-6-9-7-18-4-3-15(9)12(17)10-2-1-8(14)5-11(10)16/h1-2,5,9,16H,3-4,6-7H2. The van der Waals surface area contributed by atoms with Crippen molar-refractivity contribution < 1.29 is 14.6 Å². The number of rotatable bonds is 2. The van der Waals surface area contributed by atoms with Crippen LogP contribution in [0.5, 0.6) is 5.75 Å². The number of halogens is 2. The lowest BCUT2D eigenvalue weighted by atomic mass is 10.1. The average Bonchev–Trinajstić information content (AvgIpc) is 2.38. The molecule has 0 saturated carbocycles. The van der Waals surface area contributed by atoms with Gasteiger partial charge in [-0.1, -0.05) is 11.6 Å². The average molecular weight is 290 g/mol. The minimum atomic E-state index is -0.252. The fourth-order valence-corrected chi connectivity index (χ4v) is 2.31. The molecule has 1 unspecified atom stereocenters. The molecule has 1 atom stereocenters. The summed E-state index contributed by atoms with van der Waals surface area (Å²) in [7, 11) is 0. The molecule has 1 aliphatic heterocycles. The van der Waals surface area contributed by atoms with Gasteiger partial charge in [-0.3, -0.25) is 4.79 Å². The van der Waals surface area contributed by atoms with E-state index in [0.717, 1.165) is 0 Å². The number of alkyl halides is 1. The van der Waals surface area contributed by atoms with Gasteiger partial charge in [0.25, 0.3) is 5.91 Å². The van der Waals surface area contributed by atoms with Crippen LogP contribution in [0.2, 0.25) is 5.02 Å². The molecule has 1 aromatic rings. The van der Waals surface area contributed by atoms with Crippen LogP contribution in [0.1, 0.15) is 10.4 Å². The summed E-state index contributed by atoms with van der Waals surface area (Å²) in [6, 6.07) is 4.28. The van der Waals surface area contributed by atoms with Gasteiger partial charge in [0.05, 0.1) is 24.8 Å². The molecule has 1 amide bonds. The number of amides is 1. The van der Waals surface area contributed by atoms with Gasteiger partial charge in [-0.25, -0.2) is 0 Å². The van der Waals surface area contributed by atoms with Gasteiger partial charge < -0.3 is 14.7 Å². The topological polar surface area (TPSA) is 49.8 Å². The van der Waals surface area contributed by atoms with Gasteiger partial charge in [0.2, 0.25) is 0 Å². The molecule has 1 aliphatic rings. The van der Waals surface area contributed by atoms with E-state index in [1.54, 1.807) is 11.0 Å². The first-order valence-corrected chi connectivity index (χ1v) is 6.48. The van der Waals surface area contributed by atoms with E-state index in [1.165, 1.54) is 12.1 Å². The molecule has 1 heterocycles. The monoisotopic (exact) mass is 289 g/mol. The highest BCUT2D eigenvalue weighted by Crippen LogP contribution is 2.24. The molecular weight excluding hydrogens is 277 g/mol. The Bertz CT molecular complexity index is 453. The first-order chi connectivity index (χ1) is 8.63. The van der Waals surface area contributed by atoms with E-state index in [-0.39, 0.29) is 23.3 Å². The highest BCUT2D eigenvalue weighted by atomic mass is 35.5. The molecule has 1 N–H and O–H groups in total. The zero-order valence-corrected chi connectivity index (χ0v) is 11.1. The number of aromatic hydroxyl groups is 1. The predicted octanol–water partition coefficient (Wildman–Crippen LogP) is 2.13. The Morgan fingerprint density at radius 3 is 3.00 bits per heavy atom. The number of hydrogen-bond donors (Lipinski definition) is 1. The maximum Gasteiger partial charge on any atom is 0.258 e. The quantitative estimate of drug-likeness (QED) is 0.849. The van der Waals surface area contributed by atoms with Crippen LogP contribution in [-0.2, 0) is 4.74 Å². The lowest BCUT2D eigenvalue weighted by molar-refractivity contribution is 0.00441. The van der Waals surface area contributed by atoms with E-state index in [4.69, 9.17) is 27.9 Å². The van der Waals surface area contributed by atoms with Crippen LogP contribution < -0.4 is 0 Å². The number of ether oxygens (including phenoxy) is 1. The van der Waals surface area contributed by atoms with E-state index in [1.807, 2.05) is 0 Å². The van der Waals surface area contributed by atoms with Crippen molar-refractivity contribution in [3.8, 4) is 5.75 Å². The molecule has 98 valence electrons. The molecule has 1 saturated heterocycles. The number of phenols is 1. The number of phenolic OH excluding ortho intramolecular Hbond substituents is 1. The van der Waals surface area contributed by atoms with Gasteiger partial charge in [-0.2, -0.15) is 0 Å².